The SMILES string of the molecule is O=C(Nc1cccc(O)c1)c1cc2ccccc2oc1=O. The fourth-order valence-electron chi connectivity index (χ4n) is 2.00. The monoisotopic (exact) mass is 281 g/mol. The molecule has 3 rings (SSSR count). The van der Waals surface area contributed by atoms with E-state index in [-0.39, 0.29) is 11.3 Å². The molecule has 5 heteroatoms. The van der Waals surface area contributed by atoms with E-state index >= 15 is 0 Å². The molecule has 0 atom stereocenters. The molecule has 1 amide bonds. The standard InChI is InChI=1S/C16H11NO4/c18-12-6-3-5-11(9-12)17-15(19)13-8-10-4-1-2-7-14(10)21-16(13)20/h1-9,18H,(H,17,19). The Morgan fingerprint density at radius 3 is 2.67 bits per heavy atom. The predicted molar refractivity (Wildman–Crippen MR) is 78.5 cm³/mol. The maximum absolute atomic E-state index is 12.1. The molecule has 0 radical (unpaired) electrons. The number of phenols is 1. The summed E-state index contributed by atoms with van der Waals surface area (Å²) in [6.45, 7) is 0. The van der Waals surface area contributed by atoms with Crippen LogP contribution in [0.3, 0.4) is 0 Å². The van der Waals surface area contributed by atoms with Crippen molar-refractivity contribution in [2.45, 2.75) is 0 Å². The molecule has 1 heterocycles. The van der Waals surface area contributed by atoms with Crippen LogP contribution >= 0.6 is 0 Å². The molecule has 1 aromatic heterocycles. The zero-order valence-electron chi connectivity index (χ0n) is 10.9. The Morgan fingerprint density at radius 2 is 1.86 bits per heavy atom. The Morgan fingerprint density at radius 1 is 1.05 bits per heavy atom. The van der Waals surface area contributed by atoms with E-state index < -0.39 is 11.5 Å². The van der Waals surface area contributed by atoms with Crippen molar-refractivity contribution < 1.29 is 14.3 Å². The quantitative estimate of drug-likeness (QED) is 0.708. The molecule has 0 unspecified atom stereocenters. The number of hydrogen-bond donors (Lipinski definition) is 2. The number of hydrogen-bond acceptors (Lipinski definition) is 4. The fourth-order valence-corrected chi connectivity index (χ4v) is 2.00. The summed E-state index contributed by atoms with van der Waals surface area (Å²) in [7, 11) is 0. The van der Waals surface area contributed by atoms with Gasteiger partial charge < -0.3 is 14.8 Å². The highest BCUT2D eigenvalue weighted by molar-refractivity contribution is 6.05. The molecule has 0 bridgehead atoms. The van der Waals surface area contributed by atoms with Crippen LogP contribution in [0.4, 0.5) is 5.69 Å². The second-order valence-corrected chi connectivity index (χ2v) is 4.49. The summed E-state index contributed by atoms with van der Waals surface area (Å²) >= 11 is 0. The molecular weight excluding hydrogens is 270 g/mol. The van der Waals surface area contributed by atoms with Gasteiger partial charge in [-0.15, -0.1) is 0 Å². The van der Waals surface area contributed by atoms with E-state index in [1.54, 1.807) is 36.4 Å². The first kappa shape index (κ1) is 12.9. The zero-order chi connectivity index (χ0) is 14.8. The molecule has 0 aliphatic carbocycles. The van der Waals surface area contributed by atoms with E-state index in [0.29, 0.717) is 16.7 Å². The lowest BCUT2D eigenvalue weighted by Gasteiger charge is -2.05. The lowest BCUT2D eigenvalue weighted by Crippen LogP contribution is -2.20. The van der Waals surface area contributed by atoms with Crippen LogP contribution in [0.5, 0.6) is 5.75 Å². The molecule has 21 heavy (non-hydrogen) atoms. The summed E-state index contributed by atoms with van der Waals surface area (Å²) in [6, 6.07) is 14.5. The molecular formula is C16H11NO4. The van der Waals surface area contributed by atoms with Gasteiger partial charge in [-0.1, -0.05) is 24.3 Å². The van der Waals surface area contributed by atoms with Gasteiger partial charge in [0.05, 0.1) is 0 Å². The Labute approximate surface area is 119 Å². The molecule has 104 valence electrons. The molecule has 0 fully saturated rings. The van der Waals surface area contributed by atoms with Crippen molar-refractivity contribution >= 4 is 22.6 Å². The molecule has 5 nitrogen and oxygen atoms in total. The third-order valence-electron chi connectivity index (χ3n) is 2.99. The topological polar surface area (TPSA) is 79.5 Å². The van der Waals surface area contributed by atoms with Gasteiger partial charge in [0.15, 0.2) is 0 Å². The van der Waals surface area contributed by atoms with Gasteiger partial charge >= 0.3 is 5.63 Å². The van der Waals surface area contributed by atoms with Crippen molar-refractivity contribution in [3.63, 3.8) is 0 Å². The lowest BCUT2D eigenvalue weighted by atomic mass is 10.1. The maximum atomic E-state index is 12.1. The van der Waals surface area contributed by atoms with Crippen molar-refractivity contribution in [2.75, 3.05) is 5.32 Å². The van der Waals surface area contributed by atoms with Gasteiger partial charge in [0, 0.05) is 17.1 Å². The Kier molecular flexibility index (Phi) is 3.16. The number of amides is 1. The first-order chi connectivity index (χ1) is 10.1. The highest BCUT2D eigenvalue weighted by atomic mass is 16.4. The van der Waals surface area contributed by atoms with Gasteiger partial charge in [-0.3, -0.25) is 4.79 Å². The lowest BCUT2D eigenvalue weighted by molar-refractivity contribution is 0.102. The van der Waals surface area contributed by atoms with Crippen LogP contribution in [0.15, 0.2) is 63.8 Å². The number of nitrogens with one attached hydrogen (secondary N) is 1. The number of rotatable bonds is 2. The third kappa shape index (κ3) is 2.62. The van der Waals surface area contributed by atoms with Crippen LogP contribution in [0.25, 0.3) is 11.0 Å². The number of aromatic hydroxyl groups is 1. The minimum absolute atomic E-state index is 0.0262. The van der Waals surface area contributed by atoms with E-state index in [2.05, 4.69) is 5.32 Å². The molecule has 0 saturated carbocycles. The van der Waals surface area contributed by atoms with Crippen LogP contribution < -0.4 is 10.9 Å². The molecule has 0 spiro atoms. The van der Waals surface area contributed by atoms with Gasteiger partial charge in [0.25, 0.3) is 5.91 Å². The fraction of sp³-hybridized carbons (Fsp3) is 0. The van der Waals surface area contributed by atoms with Crippen LogP contribution in [-0.2, 0) is 0 Å². The van der Waals surface area contributed by atoms with Crippen LogP contribution in [0.1, 0.15) is 10.4 Å². The van der Waals surface area contributed by atoms with Crippen LogP contribution in [-0.4, -0.2) is 11.0 Å². The number of carbonyl (C=O) groups excluding carboxylic acids is 1. The number of fused-ring (bicyclic) bond motifs is 1. The number of para-hydroxylation sites is 1. The average Bonchev–Trinajstić information content (AvgIpc) is 2.46. The van der Waals surface area contributed by atoms with Crippen LogP contribution in [0.2, 0.25) is 0 Å². The van der Waals surface area contributed by atoms with Gasteiger partial charge in [-0.2, -0.15) is 0 Å². The maximum Gasteiger partial charge on any atom is 0.349 e. The van der Waals surface area contributed by atoms with E-state index in [1.165, 1.54) is 18.2 Å². The van der Waals surface area contributed by atoms with Crippen molar-refractivity contribution in [3.05, 3.63) is 70.6 Å². The van der Waals surface area contributed by atoms with E-state index in [0.717, 1.165) is 0 Å². The number of phenolic OH excluding ortho intramolecular Hbond substituents is 1. The molecule has 0 saturated heterocycles. The second-order valence-electron chi connectivity index (χ2n) is 4.49. The van der Waals surface area contributed by atoms with Gasteiger partial charge in [-0.05, 0) is 24.3 Å². The van der Waals surface area contributed by atoms with Crippen molar-refractivity contribution in [3.8, 4) is 5.75 Å². The summed E-state index contributed by atoms with van der Waals surface area (Å²) in [5, 5.41) is 12.6. The third-order valence-corrected chi connectivity index (χ3v) is 2.99. The highest BCUT2D eigenvalue weighted by Gasteiger charge is 2.13. The summed E-state index contributed by atoms with van der Waals surface area (Å²) in [5.74, 6) is -0.557. The molecule has 3 aromatic rings. The van der Waals surface area contributed by atoms with Crippen molar-refractivity contribution in [1.29, 1.82) is 0 Å². The molecule has 0 aliphatic heterocycles. The largest absolute Gasteiger partial charge is 0.508 e. The van der Waals surface area contributed by atoms with Gasteiger partial charge in [-0.25, -0.2) is 4.79 Å². The zero-order valence-corrected chi connectivity index (χ0v) is 10.9. The summed E-state index contributed by atoms with van der Waals surface area (Å²) in [6.07, 6.45) is 0. The van der Waals surface area contributed by atoms with Gasteiger partial charge in [0.2, 0.25) is 0 Å². The minimum Gasteiger partial charge on any atom is -0.508 e. The first-order valence-corrected chi connectivity index (χ1v) is 6.27. The van der Waals surface area contributed by atoms with Gasteiger partial charge in [0.1, 0.15) is 16.9 Å². The Hall–Kier alpha value is -3.08. The summed E-state index contributed by atoms with van der Waals surface area (Å²) in [4.78, 5) is 24.0. The summed E-state index contributed by atoms with van der Waals surface area (Å²) in [5.41, 5.74) is 0.0346. The van der Waals surface area contributed by atoms with Crippen LogP contribution in [0, 0.1) is 0 Å². The normalized spacial score (nSPS) is 10.5. The summed E-state index contributed by atoms with van der Waals surface area (Å²) < 4.78 is 5.11. The minimum atomic E-state index is -0.702. The van der Waals surface area contributed by atoms with Crippen molar-refractivity contribution in [1.82, 2.24) is 0 Å². The number of carbonyl (C=O) groups is 1. The second kappa shape index (κ2) is 5.13. The van der Waals surface area contributed by atoms with E-state index in [9.17, 15) is 14.7 Å². The Balaban J connectivity index is 1.98. The number of anilines is 1. The van der Waals surface area contributed by atoms with E-state index in [1.807, 2.05) is 0 Å². The smallest absolute Gasteiger partial charge is 0.349 e. The van der Waals surface area contributed by atoms with E-state index in [4.69, 9.17) is 4.42 Å². The molecule has 0 aliphatic rings. The number of benzene rings is 2. The molecule has 2 aromatic carbocycles. The highest BCUT2D eigenvalue weighted by Crippen LogP contribution is 2.17. The molecule has 2 N–H and O–H groups in total. The average molecular weight is 281 g/mol. The van der Waals surface area contributed by atoms with Crippen molar-refractivity contribution in [2.24, 2.45) is 0 Å². The predicted octanol–water partition coefficient (Wildman–Crippen LogP) is 2.75. The first-order valence-electron chi connectivity index (χ1n) is 6.27. The Bertz CT molecular complexity index is 883.